The summed E-state index contributed by atoms with van der Waals surface area (Å²) in [6.45, 7) is -0.487. The van der Waals surface area contributed by atoms with Gasteiger partial charge < -0.3 is 43.4 Å². The SMILES string of the molecule is CN(C)C(=O)C[n+]1ccc(-c2nc(-c3ccc(-c4ccc(-c5nc(-c6cc[n+](CC(=O)N(C)C)cc6)c(C(F)(F)C(F)(F)C(F)(F)F)o5)cc4)cc3)oc2C(F)(F)C(F)(F)C(F)(F)F)cc1.[Cl-].[Cl-]. The van der Waals surface area contributed by atoms with Crippen molar-refractivity contribution >= 4 is 11.8 Å². The second kappa shape index (κ2) is 19.4. The minimum atomic E-state index is -6.73. The van der Waals surface area contributed by atoms with Crippen LogP contribution in [0.15, 0.2) is 106 Å². The lowest BCUT2D eigenvalue weighted by molar-refractivity contribution is -0.685. The molecule has 0 atom stereocenters. The van der Waals surface area contributed by atoms with Crippen LogP contribution < -0.4 is 33.9 Å². The maximum Gasteiger partial charge on any atom is 0.460 e. The van der Waals surface area contributed by atoms with Crippen LogP contribution >= 0.6 is 0 Å². The van der Waals surface area contributed by atoms with Crippen molar-refractivity contribution in [2.24, 2.45) is 0 Å². The Hall–Kier alpha value is -6.30. The summed E-state index contributed by atoms with van der Waals surface area (Å²) in [6, 6.07) is 14.1. The smallest absolute Gasteiger partial charge is 0.460 e. The molecule has 26 heteroatoms. The van der Waals surface area contributed by atoms with Gasteiger partial charge >= 0.3 is 36.0 Å². The highest BCUT2D eigenvalue weighted by atomic mass is 35.5. The van der Waals surface area contributed by atoms with Crippen LogP contribution in [0.1, 0.15) is 11.5 Å². The number of oxazole rings is 2. The molecule has 0 aliphatic rings. The number of hydrogen-bond acceptors (Lipinski definition) is 6. The van der Waals surface area contributed by atoms with Gasteiger partial charge in [-0.05, 0) is 35.4 Å². The number of alkyl halides is 14. The summed E-state index contributed by atoms with van der Waals surface area (Å²) in [7, 11) is 5.82. The van der Waals surface area contributed by atoms with Gasteiger partial charge in [-0.2, -0.15) is 70.6 Å². The molecule has 68 heavy (non-hydrogen) atoms. The Morgan fingerprint density at radius 1 is 0.456 bits per heavy atom. The molecule has 4 aromatic heterocycles. The van der Waals surface area contributed by atoms with Gasteiger partial charge in [0.2, 0.25) is 36.4 Å². The van der Waals surface area contributed by atoms with Crippen molar-refractivity contribution < 1.29 is 114 Å². The summed E-state index contributed by atoms with van der Waals surface area (Å²) in [6.07, 6.45) is -8.76. The number of carbonyl (C=O) groups is 2. The first-order valence-electron chi connectivity index (χ1n) is 18.8. The maximum atomic E-state index is 15.2. The number of hydrogen-bond donors (Lipinski definition) is 0. The lowest BCUT2D eigenvalue weighted by Crippen LogP contribution is -3.00. The van der Waals surface area contributed by atoms with E-state index in [4.69, 9.17) is 8.83 Å². The zero-order valence-electron chi connectivity index (χ0n) is 35.0. The van der Waals surface area contributed by atoms with Crippen LogP contribution in [0.2, 0.25) is 0 Å². The Labute approximate surface area is 387 Å². The van der Waals surface area contributed by atoms with E-state index in [0.29, 0.717) is 11.1 Å². The van der Waals surface area contributed by atoms with Gasteiger partial charge in [0.1, 0.15) is 11.4 Å². The third kappa shape index (κ3) is 10.2. The van der Waals surface area contributed by atoms with Crippen LogP contribution in [-0.2, 0) is 34.5 Å². The number of nitrogens with zero attached hydrogens (tertiary/aromatic N) is 6. The van der Waals surface area contributed by atoms with Crippen LogP contribution in [-0.4, -0.2) is 84.0 Å². The number of benzene rings is 2. The average molecular weight is 1020 g/mol. The Kier molecular flexibility index (Phi) is 15.5. The highest BCUT2D eigenvalue weighted by molar-refractivity contribution is 5.75. The van der Waals surface area contributed by atoms with Crippen molar-refractivity contribution in [2.45, 2.75) is 49.1 Å². The zero-order chi connectivity index (χ0) is 48.9. The quantitative estimate of drug-likeness (QED) is 0.130. The maximum absolute atomic E-state index is 15.2. The lowest BCUT2D eigenvalue weighted by Gasteiger charge is -2.26. The molecule has 366 valence electrons. The predicted octanol–water partition coefficient (Wildman–Crippen LogP) is 3.34. The van der Waals surface area contributed by atoms with Crippen LogP contribution in [0.5, 0.6) is 0 Å². The summed E-state index contributed by atoms with van der Waals surface area (Å²) < 4.78 is 210. The van der Waals surface area contributed by atoms with Crippen molar-refractivity contribution in [1.82, 2.24) is 19.8 Å². The second-order valence-corrected chi connectivity index (χ2v) is 14.9. The van der Waals surface area contributed by atoms with Crippen molar-refractivity contribution in [3.05, 3.63) is 109 Å². The molecule has 10 nitrogen and oxygen atoms in total. The third-order valence-electron chi connectivity index (χ3n) is 9.88. The topological polar surface area (TPSA) is 100 Å². The number of carbonyl (C=O) groups excluding carboxylic acids is 2. The minimum absolute atomic E-state index is 0. The summed E-state index contributed by atoms with van der Waals surface area (Å²) >= 11 is 0. The molecule has 6 rings (SSSR count). The molecule has 0 spiro atoms. The van der Waals surface area contributed by atoms with E-state index in [-0.39, 0.29) is 60.2 Å². The Morgan fingerprint density at radius 2 is 0.721 bits per heavy atom. The van der Waals surface area contributed by atoms with Gasteiger partial charge in [-0.25, -0.2) is 9.97 Å². The number of likely N-dealkylation sites (N-methyl/N-ethyl adjacent to an activating group) is 2. The van der Waals surface area contributed by atoms with E-state index in [1.807, 2.05) is 0 Å². The average Bonchev–Trinajstić information content (AvgIpc) is 3.91. The first-order chi connectivity index (χ1) is 30.5. The van der Waals surface area contributed by atoms with Crippen molar-refractivity contribution in [3.63, 3.8) is 0 Å². The fraction of sp³-hybridized carbons (Fsp3) is 0.286. The largest absolute Gasteiger partial charge is 1.00 e. The molecule has 0 saturated carbocycles. The summed E-state index contributed by atoms with van der Waals surface area (Å²) in [5.74, 6) is -31.9. The van der Waals surface area contributed by atoms with E-state index in [1.54, 1.807) is 0 Å². The molecule has 0 radical (unpaired) electrons. The van der Waals surface area contributed by atoms with E-state index in [1.165, 1.54) is 120 Å². The number of halogens is 16. The van der Waals surface area contributed by atoms with Crippen LogP contribution in [0, 0.1) is 0 Å². The van der Waals surface area contributed by atoms with Gasteiger partial charge in [0.25, 0.3) is 11.8 Å². The van der Waals surface area contributed by atoms with E-state index in [2.05, 4.69) is 9.97 Å². The van der Waals surface area contributed by atoms with E-state index in [0.717, 1.165) is 24.3 Å². The molecule has 4 heterocycles. The number of amides is 2. The molecule has 6 aromatic rings. The van der Waals surface area contributed by atoms with E-state index in [9.17, 15) is 53.5 Å². The highest BCUT2D eigenvalue weighted by Crippen LogP contribution is 2.56. The molecule has 0 aliphatic heterocycles. The predicted molar refractivity (Wildman–Crippen MR) is 201 cm³/mol. The zero-order valence-corrected chi connectivity index (χ0v) is 36.5. The van der Waals surface area contributed by atoms with Gasteiger partial charge in [0.05, 0.1) is 0 Å². The summed E-state index contributed by atoms with van der Waals surface area (Å²) in [5.41, 5.74) is -2.70. The van der Waals surface area contributed by atoms with E-state index < -0.39 is 82.5 Å². The monoisotopic (exact) mass is 1020 g/mol. The van der Waals surface area contributed by atoms with Gasteiger partial charge in [0, 0.05) is 74.7 Å². The van der Waals surface area contributed by atoms with Crippen LogP contribution in [0.25, 0.3) is 56.6 Å². The molecule has 0 fully saturated rings. The summed E-state index contributed by atoms with van der Waals surface area (Å²) in [4.78, 5) is 34.3. The number of pyridine rings is 2. The molecular weight excluding hydrogens is 989 g/mol. The minimum Gasteiger partial charge on any atom is -1.00 e. The molecule has 0 bridgehead atoms. The van der Waals surface area contributed by atoms with Crippen molar-refractivity contribution in [3.8, 4) is 56.6 Å². The van der Waals surface area contributed by atoms with Crippen LogP contribution in [0.3, 0.4) is 0 Å². The molecular formula is C42H32Cl2F14N6O4. The normalized spacial score (nSPS) is 12.6. The molecule has 0 N–H and O–H groups in total. The third-order valence-corrected chi connectivity index (χ3v) is 9.88. The highest BCUT2D eigenvalue weighted by Gasteiger charge is 2.76. The molecule has 0 aliphatic carbocycles. The molecule has 2 amide bonds. The summed E-state index contributed by atoms with van der Waals surface area (Å²) in [5, 5.41) is 0. The Bertz CT molecular complexity index is 2540. The Morgan fingerprint density at radius 3 is 0.971 bits per heavy atom. The van der Waals surface area contributed by atoms with Crippen molar-refractivity contribution in [1.29, 1.82) is 0 Å². The fourth-order valence-corrected chi connectivity index (χ4v) is 5.99. The molecule has 0 saturated heterocycles. The first kappa shape index (κ1) is 54.3. The van der Waals surface area contributed by atoms with Gasteiger partial charge in [-0.15, -0.1) is 0 Å². The van der Waals surface area contributed by atoms with Gasteiger partial charge in [0.15, 0.2) is 24.8 Å². The van der Waals surface area contributed by atoms with Crippen molar-refractivity contribution in [2.75, 3.05) is 28.2 Å². The standard InChI is InChI=1S/C42H32F14N6O4.2ClH/c1-59(2)29(63)21-61-17-13-25(14-18-61)31-33(37(43,44)39(47,48)41(51,52)53)65-35(57-31)27-9-5-23(6-10-27)24-7-11-28(12-8-24)36-58-32(26-15-19-62(20-16-26)22-30(64)60(3)4)34(66-36)38(45,46)40(49,50)42(54,55)56;;/h5-20H,21-22H2,1-4H3;2*1H/q+2;;/p-2. The molecule has 2 aromatic carbocycles. The number of aromatic nitrogens is 4. The Balaban J connectivity index is 0.00000504. The van der Waals surface area contributed by atoms with E-state index >= 15 is 17.6 Å². The number of rotatable bonds is 13. The van der Waals surface area contributed by atoms with Gasteiger partial charge in [-0.1, -0.05) is 24.3 Å². The fourth-order valence-electron chi connectivity index (χ4n) is 5.99. The first-order valence-corrected chi connectivity index (χ1v) is 18.8. The lowest BCUT2D eigenvalue weighted by atomic mass is 10.0. The second-order valence-electron chi connectivity index (χ2n) is 14.9. The molecule has 0 unspecified atom stereocenters. The van der Waals surface area contributed by atoms with Gasteiger partial charge in [-0.3, -0.25) is 9.59 Å². The van der Waals surface area contributed by atoms with Crippen LogP contribution in [0.4, 0.5) is 61.5 Å².